The summed E-state index contributed by atoms with van der Waals surface area (Å²) in [5.41, 5.74) is -21.2. The number of hydrogen-bond acceptors (Lipinski definition) is 4. The number of alkyl halides is 24. The Bertz CT molecular complexity index is 2800. The maximum atomic E-state index is 14.2. The largest absolute Gasteiger partial charge is 0.416 e. The molecule has 0 aliphatic heterocycles. The number of nitrogens with zero attached hydrogens (tertiary/aromatic N) is 5. The zero-order valence-corrected chi connectivity index (χ0v) is 37.7. The van der Waals surface area contributed by atoms with Crippen LogP contribution in [0.1, 0.15) is 65.4 Å². The average Bonchev–Trinajstić information content (AvgIpc) is 3.37. The second kappa shape index (κ2) is 21.6. The van der Waals surface area contributed by atoms with Gasteiger partial charge in [0.1, 0.15) is 12.3 Å². The highest BCUT2D eigenvalue weighted by Gasteiger charge is 2.47. The van der Waals surface area contributed by atoms with Crippen LogP contribution in [0.4, 0.5) is 105 Å². The summed E-state index contributed by atoms with van der Waals surface area (Å²) in [5.74, 6) is -0.508. The zero-order valence-electron chi connectivity index (χ0n) is 37.7. The zero-order chi connectivity index (χ0) is 59.0. The number of Topliss-reactive ketones (excluding diaryl/α,β-unsaturated/α-hetero) is 2. The van der Waals surface area contributed by atoms with E-state index in [9.17, 15) is 115 Å². The minimum Gasteiger partial charge on any atom is -0.287 e. The third-order valence-corrected chi connectivity index (χ3v) is 11.3. The first-order chi connectivity index (χ1) is 35.5. The van der Waals surface area contributed by atoms with Gasteiger partial charge in [0.15, 0.2) is 6.20 Å². The van der Waals surface area contributed by atoms with Crippen LogP contribution in [0.3, 0.4) is 0 Å². The molecular formula is C46H24BF24N5O2. The topological polar surface area (TPSA) is 99.7 Å². The quantitative estimate of drug-likeness (QED) is 0.0260. The molecule has 0 amide bonds. The first-order valence-electron chi connectivity index (χ1n) is 20.8. The average molecular weight is 1150 g/mol. The summed E-state index contributed by atoms with van der Waals surface area (Å²) in [6.07, 6.45) is -50.4. The molecule has 0 N–H and O–H groups in total. The summed E-state index contributed by atoms with van der Waals surface area (Å²) < 4.78 is 342. The van der Waals surface area contributed by atoms with E-state index in [4.69, 9.17) is 5.53 Å². The van der Waals surface area contributed by atoms with Gasteiger partial charge in [-0.1, -0.05) is 84.0 Å². The van der Waals surface area contributed by atoms with Crippen molar-refractivity contribution in [2.24, 2.45) is 5.11 Å². The molecule has 0 unspecified atom stereocenters. The molecule has 0 bridgehead atoms. The van der Waals surface area contributed by atoms with Crippen LogP contribution in [0.5, 0.6) is 0 Å². The molecule has 0 saturated carbocycles. The molecular weight excluding hydrogens is 1120 g/mol. The van der Waals surface area contributed by atoms with Crippen molar-refractivity contribution < 1.29 is 120 Å². The molecule has 0 fully saturated rings. The second-order valence-corrected chi connectivity index (χ2v) is 16.4. The first kappa shape index (κ1) is 61.1. The van der Waals surface area contributed by atoms with Crippen molar-refractivity contribution in [3.8, 4) is 0 Å². The Morgan fingerprint density at radius 2 is 0.731 bits per heavy atom. The summed E-state index contributed by atoms with van der Waals surface area (Å²) in [6, 6.07) is -0.00613. The van der Waals surface area contributed by atoms with Crippen molar-refractivity contribution in [1.29, 1.82) is 0 Å². The van der Waals surface area contributed by atoms with Gasteiger partial charge in [0.2, 0.25) is 18.1 Å². The molecule has 1 aromatic heterocycles. The van der Waals surface area contributed by atoms with Gasteiger partial charge in [-0.05, 0) is 29.8 Å². The number of hydrogen-bond donors (Lipinski definition) is 0. The van der Waals surface area contributed by atoms with Crippen LogP contribution >= 0.6 is 0 Å². The molecule has 0 aliphatic carbocycles. The molecule has 1 heterocycles. The molecule has 6 aromatic rings. The fourth-order valence-corrected chi connectivity index (χ4v) is 7.87. The molecule has 7 nitrogen and oxygen atoms in total. The number of halogens is 24. The Balaban J connectivity index is 0.000000443. The van der Waals surface area contributed by atoms with Crippen LogP contribution in [0.15, 0.2) is 127 Å². The molecule has 0 spiro atoms. The molecule has 0 atom stereocenters. The number of carbonyl (C=O) groups is 2. The van der Waals surface area contributed by atoms with E-state index in [2.05, 4.69) is 15.0 Å². The molecule has 6 rings (SSSR count). The molecule has 78 heavy (non-hydrogen) atoms. The predicted octanol–water partition coefficient (Wildman–Crippen LogP) is 13.0. The van der Waals surface area contributed by atoms with Crippen molar-refractivity contribution in [2.75, 3.05) is 6.54 Å². The van der Waals surface area contributed by atoms with Crippen molar-refractivity contribution in [3.63, 3.8) is 0 Å². The Morgan fingerprint density at radius 1 is 0.449 bits per heavy atom. The van der Waals surface area contributed by atoms with Crippen LogP contribution < -0.4 is 26.4 Å². The lowest BCUT2D eigenvalue weighted by Gasteiger charge is -2.46. The maximum absolute atomic E-state index is 14.2. The van der Waals surface area contributed by atoms with Gasteiger partial charge in [-0.15, -0.1) is 0 Å². The summed E-state index contributed by atoms with van der Waals surface area (Å²) in [6.45, 7) is -0.286. The van der Waals surface area contributed by atoms with E-state index in [1.54, 1.807) is 30.5 Å². The molecule has 5 aromatic carbocycles. The summed E-state index contributed by atoms with van der Waals surface area (Å²) >= 11 is 0. The highest BCUT2D eigenvalue weighted by Crippen LogP contribution is 2.41. The molecule has 32 heteroatoms. The van der Waals surface area contributed by atoms with E-state index in [0.29, 0.717) is 5.56 Å². The third kappa shape index (κ3) is 14.2. The lowest BCUT2D eigenvalue weighted by atomic mass is 9.12. The molecule has 0 saturated heterocycles. The smallest absolute Gasteiger partial charge is 0.287 e. The number of aromatic nitrogens is 2. The minimum absolute atomic E-state index is 0.0177. The van der Waals surface area contributed by atoms with Crippen molar-refractivity contribution >= 4 is 39.6 Å². The number of ketones is 2. The summed E-state index contributed by atoms with van der Waals surface area (Å²) in [5, 5.41) is 3.23. The molecule has 416 valence electrons. The molecule has 0 aliphatic rings. The molecule has 0 radical (unpaired) electrons. The Hall–Kier alpha value is -7.79. The maximum Gasteiger partial charge on any atom is 0.416 e. The summed E-state index contributed by atoms with van der Waals surface area (Å²) in [4.78, 5) is 30.5. The predicted molar refractivity (Wildman–Crippen MR) is 224 cm³/mol. The Kier molecular flexibility index (Phi) is 16.9. The summed E-state index contributed by atoms with van der Waals surface area (Å²) in [7, 11) is 0. The van der Waals surface area contributed by atoms with Crippen LogP contribution in [0.2, 0.25) is 0 Å². The van der Waals surface area contributed by atoms with Crippen LogP contribution in [-0.4, -0.2) is 29.2 Å². The Labute approximate surface area is 419 Å². The van der Waals surface area contributed by atoms with E-state index in [1.807, 2.05) is 6.07 Å². The highest BCUT2D eigenvalue weighted by atomic mass is 19.4. The number of azide groups is 1. The monoisotopic (exact) mass is 1150 g/mol. The normalized spacial score (nSPS) is 13.1. The SMILES string of the molecule is FC(F)(F)c1cc([B-](c2cc(C(F)(F)F)cc(C(F)(F)F)c2)(c2cc(C(F)(F)F)cc(C(F)(F)F)c2)c2cc(C(F)(F)F)cc(C(F)(F)F)c2)cc(C(F)(F)F)c1.[N-]=[N+]=NCC(=O)c1cncc[n+]1CC(=O)c1ccccc1. The van der Waals surface area contributed by atoms with Crippen LogP contribution in [0, 0.1) is 0 Å². The van der Waals surface area contributed by atoms with Gasteiger partial charge in [-0.2, -0.15) is 132 Å². The lowest BCUT2D eigenvalue weighted by molar-refractivity contribution is -0.685. The van der Waals surface area contributed by atoms with Crippen molar-refractivity contribution in [2.45, 2.75) is 56.0 Å². The second-order valence-electron chi connectivity index (χ2n) is 16.4. The van der Waals surface area contributed by atoms with Gasteiger partial charge < -0.3 is 0 Å². The van der Waals surface area contributed by atoms with Gasteiger partial charge >= 0.3 is 49.4 Å². The van der Waals surface area contributed by atoms with E-state index < -0.39 is 195 Å². The van der Waals surface area contributed by atoms with Crippen molar-refractivity contribution in [1.82, 2.24) is 4.98 Å². The Morgan fingerprint density at radius 3 is 0.987 bits per heavy atom. The van der Waals surface area contributed by atoms with Crippen molar-refractivity contribution in [3.05, 3.63) is 188 Å². The fraction of sp³-hybridized carbons (Fsp3) is 0.217. The number of rotatable bonds is 10. The third-order valence-electron chi connectivity index (χ3n) is 11.3. The standard InChI is InChI=1S/C32H12BF24.C14H12N5O2/c34-25(35,36)13-1-14(26(37,38)39)6-21(5-13)33(22-7-15(27(40,41)42)2-16(8-22)28(43,44)45,23-9-17(29(46,47)48)3-18(10-23)30(49,50)51)24-11-19(31(52,53)54)4-20(12-24)32(55,56)57;15-18-17-9-13(20)12-8-16-6-7-19(12)10-14(21)11-4-2-1-3-5-11/h1-12H;1-8H,9-10H2/q-1;+1. The van der Waals surface area contributed by atoms with E-state index >= 15 is 0 Å². The first-order valence-corrected chi connectivity index (χ1v) is 20.8. The lowest BCUT2D eigenvalue weighted by Crippen LogP contribution is -2.75. The number of benzene rings is 5. The van der Waals surface area contributed by atoms with Gasteiger partial charge in [0, 0.05) is 10.5 Å². The number of carbonyl (C=O) groups excluding carboxylic acids is 2. The van der Waals surface area contributed by atoms with Crippen LogP contribution in [0.25, 0.3) is 10.4 Å². The minimum atomic E-state index is -6.13. The van der Waals surface area contributed by atoms with Gasteiger partial charge in [0.25, 0.3) is 5.69 Å². The van der Waals surface area contributed by atoms with E-state index in [-0.39, 0.29) is 30.3 Å². The van der Waals surface area contributed by atoms with Gasteiger partial charge in [-0.25, -0.2) is 0 Å². The van der Waals surface area contributed by atoms with Gasteiger partial charge in [-0.3, -0.25) is 14.6 Å². The van der Waals surface area contributed by atoms with E-state index in [1.165, 1.54) is 17.0 Å². The van der Waals surface area contributed by atoms with E-state index in [0.717, 1.165) is 0 Å². The highest BCUT2D eigenvalue weighted by molar-refractivity contribution is 7.20. The van der Waals surface area contributed by atoms with Crippen LogP contribution in [-0.2, 0) is 56.0 Å². The van der Waals surface area contributed by atoms with Gasteiger partial charge in [0.05, 0.1) is 57.2 Å². The fourth-order valence-electron chi connectivity index (χ4n) is 7.87.